The van der Waals surface area contributed by atoms with Crippen LogP contribution < -0.4 is 15.4 Å². The Morgan fingerprint density at radius 3 is 2.50 bits per heavy atom. The molecule has 1 heterocycles. The molecule has 6 nitrogen and oxygen atoms in total. The summed E-state index contributed by atoms with van der Waals surface area (Å²) < 4.78 is 18.7. The third-order valence-corrected chi connectivity index (χ3v) is 6.45. The molecule has 0 saturated heterocycles. The van der Waals surface area contributed by atoms with Crippen molar-refractivity contribution in [1.29, 1.82) is 0 Å². The molecule has 2 N–H and O–H groups in total. The maximum Gasteiger partial charge on any atom is 0.270 e. The van der Waals surface area contributed by atoms with Crippen LogP contribution in [0.15, 0.2) is 36.5 Å². The lowest BCUT2D eigenvalue weighted by atomic mass is 9.44. The van der Waals surface area contributed by atoms with E-state index in [2.05, 4.69) is 15.6 Å². The number of aromatic nitrogens is 1. The van der Waals surface area contributed by atoms with E-state index in [-0.39, 0.29) is 40.3 Å². The molecule has 4 saturated carbocycles. The lowest BCUT2D eigenvalue weighted by molar-refractivity contribution is -0.141. The number of rotatable bonds is 7. The highest BCUT2D eigenvalue weighted by Crippen LogP contribution is 2.60. The first-order chi connectivity index (χ1) is 14.4. The summed E-state index contributed by atoms with van der Waals surface area (Å²) in [6.45, 7) is -0.209. The van der Waals surface area contributed by atoms with Crippen molar-refractivity contribution < 1.29 is 18.7 Å². The van der Waals surface area contributed by atoms with Gasteiger partial charge >= 0.3 is 0 Å². The topological polar surface area (TPSA) is 80.3 Å². The van der Waals surface area contributed by atoms with Crippen molar-refractivity contribution in [1.82, 2.24) is 15.6 Å². The van der Waals surface area contributed by atoms with Crippen LogP contribution in [0.3, 0.4) is 0 Å². The van der Waals surface area contributed by atoms with Gasteiger partial charge in [-0.25, -0.2) is 4.39 Å². The molecular weight excluding hydrogens is 409 g/mol. The molecule has 2 aromatic rings. The van der Waals surface area contributed by atoms with Gasteiger partial charge in [0.25, 0.3) is 11.8 Å². The van der Waals surface area contributed by atoms with Crippen LogP contribution in [0.2, 0.25) is 5.02 Å². The number of benzene rings is 1. The molecule has 156 valence electrons. The Morgan fingerprint density at radius 1 is 1.13 bits per heavy atom. The van der Waals surface area contributed by atoms with Crippen LogP contribution in [0.5, 0.6) is 5.75 Å². The van der Waals surface area contributed by atoms with Gasteiger partial charge in [0.15, 0.2) is 6.61 Å². The molecular formula is C22H21ClFN3O3. The summed E-state index contributed by atoms with van der Waals surface area (Å²) in [7, 11) is 0. The second-order valence-electron chi connectivity index (χ2n) is 8.71. The Balaban J connectivity index is 1.08. The molecule has 6 rings (SSSR count). The number of halogens is 2. The minimum Gasteiger partial charge on any atom is -0.484 e. The third kappa shape index (κ3) is 3.62. The maximum absolute atomic E-state index is 13.4. The summed E-state index contributed by atoms with van der Waals surface area (Å²) in [5.41, 5.74) is 1.07. The Morgan fingerprint density at radius 2 is 1.87 bits per heavy atom. The van der Waals surface area contributed by atoms with Crippen LogP contribution in [0.4, 0.5) is 4.39 Å². The van der Waals surface area contributed by atoms with E-state index in [1.165, 1.54) is 30.5 Å². The van der Waals surface area contributed by atoms with Crippen LogP contribution >= 0.6 is 11.6 Å². The van der Waals surface area contributed by atoms with Crippen molar-refractivity contribution in [3.63, 3.8) is 0 Å². The second kappa shape index (κ2) is 6.94. The van der Waals surface area contributed by atoms with E-state index >= 15 is 0 Å². The number of amides is 2. The lowest BCUT2D eigenvalue weighted by Crippen LogP contribution is -2.84. The number of nitrogens with one attached hydrogen (secondary N) is 2. The molecule has 1 aromatic carbocycles. The normalized spacial score (nSPS) is 26.2. The Hall–Kier alpha value is -2.67. The van der Waals surface area contributed by atoms with Crippen LogP contribution in [-0.4, -0.2) is 34.5 Å². The van der Waals surface area contributed by atoms with Crippen molar-refractivity contribution in [2.24, 2.45) is 0 Å². The zero-order chi connectivity index (χ0) is 20.9. The number of hydrogen-bond donors (Lipinski definition) is 2. The molecule has 0 atom stereocenters. The van der Waals surface area contributed by atoms with Gasteiger partial charge in [-0.05, 0) is 61.8 Å². The van der Waals surface area contributed by atoms with E-state index in [4.69, 9.17) is 16.3 Å². The van der Waals surface area contributed by atoms with Crippen molar-refractivity contribution in [2.45, 2.75) is 49.1 Å². The molecule has 0 spiro atoms. The van der Waals surface area contributed by atoms with Crippen molar-refractivity contribution in [2.75, 3.05) is 6.61 Å². The maximum atomic E-state index is 13.4. The van der Waals surface area contributed by atoms with Crippen LogP contribution in [0, 0.1) is 5.82 Å². The largest absolute Gasteiger partial charge is 0.484 e. The number of nitrogens with zero attached hydrogens (tertiary/aromatic N) is 1. The standard InChI is InChI=1S/C22H21ClFN3O3/c23-16-5-4-15(7-17(16)24)30-9-19(28)26-21-10-22(11-21,12-21)27-20(29)18-6-3-14(8-25-18)13-1-2-13/h3-8,13H,1-2,9-12H2,(H,26,28)(H,27,29). The number of carbonyl (C=O) groups excluding carboxylic acids is 2. The van der Waals surface area contributed by atoms with E-state index in [0.29, 0.717) is 30.9 Å². The van der Waals surface area contributed by atoms with Crippen LogP contribution in [0.25, 0.3) is 0 Å². The van der Waals surface area contributed by atoms with Gasteiger partial charge in [-0.1, -0.05) is 17.7 Å². The van der Waals surface area contributed by atoms with Gasteiger partial charge in [0.05, 0.1) is 5.02 Å². The first kappa shape index (κ1) is 19.3. The van der Waals surface area contributed by atoms with Gasteiger partial charge in [0.1, 0.15) is 17.3 Å². The molecule has 1 aromatic heterocycles. The molecule has 2 bridgehead atoms. The van der Waals surface area contributed by atoms with Crippen LogP contribution in [0.1, 0.15) is 54.1 Å². The van der Waals surface area contributed by atoms with E-state index < -0.39 is 5.82 Å². The van der Waals surface area contributed by atoms with Crippen molar-refractivity contribution in [3.05, 3.63) is 58.6 Å². The molecule has 0 aliphatic heterocycles. The van der Waals surface area contributed by atoms with Gasteiger partial charge in [-0.2, -0.15) is 0 Å². The second-order valence-corrected chi connectivity index (χ2v) is 9.12. The molecule has 4 fully saturated rings. The van der Waals surface area contributed by atoms with E-state index in [1.54, 1.807) is 12.3 Å². The summed E-state index contributed by atoms with van der Waals surface area (Å²) in [6.07, 6.45) is 6.26. The van der Waals surface area contributed by atoms with Crippen molar-refractivity contribution in [3.8, 4) is 5.75 Å². The quantitative estimate of drug-likeness (QED) is 0.707. The van der Waals surface area contributed by atoms with Gasteiger partial charge in [-0.3, -0.25) is 14.6 Å². The molecule has 0 unspecified atom stereocenters. The fourth-order valence-corrected chi connectivity index (χ4v) is 4.72. The predicted octanol–water partition coefficient (Wildman–Crippen LogP) is 3.35. The van der Waals surface area contributed by atoms with Crippen LogP contribution in [-0.2, 0) is 4.79 Å². The highest BCUT2D eigenvalue weighted by Gasteiger charge is 2.69. The minimum absolute atomic E-state index is 0.00192. The lowest BCUT2D eigenvalue weighted by Gasteiger charge is -2.70. The highest BCUT2D eigenvalue weighted by molar-refractivity contribution is 6.30. The number of hydrogen-bond acceptors (Lipinski definition) is 4. The zero-order valence-corrected chi connectivity index (χ0v) is 17.0. The Bertz CT molecular complexity index is 1000. The zero-order valence-electron chi connectivity index (χ0n) is 16.2. The fraction of sp³-hybridized carbons (Fsp3) is 0.409. The Labute approximate surface area is 178 Å². The highest BCUT2D eigenvalue weighted by atomic mass is 35.5. The van der Waals surface area contributed by atoms with E-state index in [1.807, 2.05) is 6.07 Å². The van der Waals surface area contributed by atoms with E-state index in [0.717, 1.165) is 6.07 Å². The van der Waals surface area contributed by atoms with E-state index in [9.17, 15) is 14.0 Å². The van der Waals surface area contributed by atoms with Gasteiger partial charge in [0.2, 0.25) is 0 Å². The summed E-state index contributed by atoms with van der Waals surface area (Å²) in [4.78, 5) is 29.0. The summed E-state index contributed by atoms with van der Waals surface area (Å²) in [6, 6.07) is 7.80. The number of pyridine rings is 1. The summed E-state index contributed by atoms with van der Waals surface area (Å²) >= 11 is 5.63. The SMILES string of the molecule is O=C(COc1ccc(Cl)c(F)c1)NC12CC(NC(=O)c3ccc(C4CC4)cn3)(C1)C2. The first-order valence-corrected chi connectivity index (χ1v) is 10.4. The Kier molecular flexibility index (Phi) is 4.47. The average molecular weight is 430 g/mol. The summed E-state index contributed by atoms with van der Waals surface area (Å²) in [5.74, 6) is -0.192. The molecule has 4 aliphatic carbocycles. The third-order valence-electron chi connectivity index (χ3n) is 6.14. The molecule has 8 heteroatoms. The molecule has 0 radical (unpaired) electrons. The molecule has 2 amide bonds. The average Bonchev–Trinajstić information content (AvgIpc) is 3.51. The first-order valence-electron chi connectivity index (χ1n) is 10.0. The molecule has 30 heavy (non-hydrogen) atoms. The number of ether oxygens (including phenoxy) is 1. The molecule has 4 aliphatic rings. The fourth-order valence-electron chi connectivity index (χ4n) is 4.60. The van der Waals surface area contributed by atoms with Gasteiger partial charge in [-0.15, -0.1) is 0 Å². The van der Waals surface area contributed by atoms with Crippen molar-refractivity contribution >= 4 is 23.4 Å². The van der Waals surface area contributed by atoms with Gasteiger partial charge in [0, 0.05) is 23.3 Å². The number of carbonyl (C=O) groups is 2. The van der Waals surface area contributed by atoms with Gasteiger partial charge < -0.3 is 15.4 Å². The minimum atomic E-state index is -0.594. The predicted molar refractivity (Wildman–Crippen MR) is 108 cm³/mol. The monoisotopic (exact) mass is 429 g/mol. The smallest absolute Gasteiger partial charge is 0.270 e. The summed E-state index contributed by atoms with van der Waals surface area (Å²) in [5, 5.41) is 6.04.